The maximum atomic E-state index is 12.4. The van der Waals surface area contributed by atoms with Gasteiger partial charge in [0.05, 0.1) is 24.0 Å². The van der Waals surface area contributed by atoms with Crippen LogP contribution in [0.1, 0.15) is 34.2 Å². The van der Waals surface area contributed by atoms with Crippen molar-refractivity contribution in [1.29, 1.82) is 10.7 Å². The van der Waals surface area contributed by atoms with E-state index in [0.717, 1.165) is 5.56 Å². The van der Waals surface area contributed by atoms with Crippen molar-refractivity contribution in [3.05, 3.63) is 51.8 Å². The third-order valence-electron chi connectivity index (χ3n) is 4.09. The number of hydrogen-bond acceptors (Lipinski definition) is 6. The van der Waals surface area contributed by atoms with Crippen LogP contribution < -0.4 is 0 Å². The van der Waals surface area contributed by atoms with Crippen LogP contribution >= 0.6 is 11.6 Å². The number of nitrogens with zero attached hydrogens (tertiary/aromatic N) is 3. The average molecular weight is 387 g/mol. The Hall–Kier alpha value is -2.98. The van der Waals surface area contributed by atoms with E-state index in [4.69, 9.17) is 27.0 Å². The Bertz CT molecular complexity index is 943. The van der Waals surface area contributed by atoms with E-state index in [1.165, 1.54) is 6.92 Å². The van der Waals surface area contributed by atoms with E-state index in [9.17, 15) is 9.59 Å². The van der Waals surface area contributed by atoms with Crippen molar-refractivity contribution in [1.82, 2.24) is 9.78 Å². The first kappa shape index (κ1) is 20.3. The highest BCUT2D eigenvalue weighted by atomic mass is 35.5. The van der Waals surface area contributed by atoms with Crippen molar-refractivity contribution in [2.75, 3.05) is 6.61 Å². The zero-order valence-electron chi connectivity index (χ0n) is 15.2. The molecule has 1 atom stereocenters. The molecule has 1 heterocycles. The van der Waals surface area contributed by atoms with Crippen LogP contribution in [0.4, 0.5) is 0 Å². The Labute approximate surface area is 162 Å². The van der Waals surface area contributed by atoms with E-state index in [2.05, 4.69) is 5.10 Å². The minimum atomic E-state index is -1.21. The van der Waals surface area contributed by atoms with Gasteiger partial charge in [-0.1, -0.05) is 29.8 Å². The highest BCUT2D eigenvalue weighted by molar-refractivity contribution is 6.31. The number of rotatable bonds is 7. The summed E-state index contributed by atoms with van der Waals surface area (Å²) in [5.41, 5.74) is 2.11. The van der Waals surface area contributed by atoms with E-state index in [0.29, 0.717) is 23.0 Å². The van der Waals surface area contributed by atoms with Crippen LogP contribution in [0.2, 0.25) is 5.02 Å². The van der Waals surface area contributed by atoms with Gasteiger partial charge >= 0.3 is 5.97 Å². The fraction of sp³-hybridized carbons (Fsp3) is 0.316. The summed E-state index contributed by atoms with van der Waals surface area (Å²) < 4.78 is 6.70. The Morgan fingerprint density at radius 3 is 2.63 bits per heavy atom. The van der Waals surface area contributed by atoms with Crippen LogP contribution in [-0.2, 0) is 16.1 Å². The Balaban J connectivity index is 2.15. The van der Waals surface area contributed by atoms with Gasteiger partial charge in [-0.05, 0) is 32.4 Å². The molecular weight excluding hydrogens is 368 g/mol. The summed E-state index contributed by atoms with van der Waals surface area (Å²) in [6.07, 6.45) is 0. The summed E-state index contributed by atoms with van der Waals surface area (Å²) in [6.45, 7) is 4.59. The van der Waals surface area contributed by atoms with Crippen molar-refractivity contribution in [2.24, 2.45) is 5.92 Å². The third kappa shape index (κ3) is 4.60. The van der Waals surface area contributed by atoms with Crippen LogP contribution in [-0.4, -0.2) is 33.9 Å². The van der Waals surface area contributed by atoms with Crippen molar-refractivity contribution in [3.63, 3.8) is 0 Å². The van der Waals surface area contributed by atoms with Crippen molar-refractivity contribution >= 4 is 29.1 Å². The molecule has 2 rings (SSSR count). The number of ketones is 1. The maximum Gasteiger partial charge on any atom is 0.342 e. The second kappa shape index (κ2) is 8.60. The summed E-state index contributed by atoms with van der Waals surface area (Å²) in [5, 5.41) is 21.3. The van der Waals surface area contributed by atoms with Crippen molar-refractivity contribution < 1.29 is 14.3 Å². The summed E-state index contributed by atoms with van der Waals surface area (Å²) in [4.78, 5) is 24.3. The van der Waals surface area contributed by atoms with Gasteiger partial charge in [-0.25, -0.2) is 4.79 Å². The van der Waals surface area contributed by atoms with Gasteiger partial charge in [0.25, 0.3) is 0 Å². The number of benzene rings is 1. The number of nitriles is 1. The van der Waals surface area contributed by atoms with Gasteiger partial charge in [0.2, 0.25) is 0 Å². The molecule has 0 aliphatic rings. The standard InChI is InChI=1S/C19H19ClN4O3/c1-11(22)15(8-21)17(25)10-27-19(26)18-12(2)23-24(13(18)3)9-14-6-4-5-7-16(14)20/h4-7,15,22H,9-10H2,1-3H3/t15-/m0/s1. The molecule has 8 heteroatoms. The molecule has 27 heavy (non-hydrogen) atoms. The number of hydrogen-bond donors (Lipinski definition) is 1. The third-order valence-corrected chi connectivity index (χ3v) is 4.46. The van der Waals surface area contributed by atoms with E-state index >= 15 is 0 Å². The second-order valence-electron chi connectivity index (χ2n) is 6.08. The van der Waals surface area contributed by atoms with Crippen LogP contribution in [0.15, 0.2) is 24.3 Å². The van der Waals surface area contributed by atoms with Gasteiger partial charge < -0.3 is 10.1 Å². The number of aromatic nitrogens is 2. The zero-order chi connectivity index (χ0) is 20.1. The van der Waals surface area contributed by atoms with E-state index < -0.39 is 24.3 Å². The van der Waals surface area contributed by atoms with E-state index in [1.54, 1.807) is 30.7 Å². The van der Waals surface area contributed by atoms with Gasteiger partial charge in [-0.2, -0.15) is 10.4 Å². The van der Waals surface area contributed by atoms with Crippen LogP contribution in [0.3, 0.4) is 0 Å². The van der Waals surface area contributed by atoms with Gasteiger partial charge in [0.15, 0.2) is 12.4 Å². The molecule has 0 saturated heterocycles. The minimum Gasteiger partial charge on any atom is -0.454 e. The first-order valence-electron chi connectivity index (χ1n) is 8.18. The lowest BCUT2D eigenvalue weighted by molar-refractivity contribution is -0.122. The zero-order valence-corrected chi connectivity index (χ0v) is 16.0. The lowest BCUT2D eigenvalue weighted by Gasteiger charge is -2.09. The maximum absolute atomic E-state index is 12.4. The number of ether oxygens (including phenoxy) is 1. The Morgan fingerprint density at radius 1 is 1.37 bits per heavy atom. The molecule has 0 bridgehead atoms. The molecule has 2 aromatic rings. The fourth-order valence-corrected chi connectivity index (χ4v) is 2.83. The summed E-state index contributed by atoms with van der Waals surface area (Å²) in [7, 11) is 0. The number of aryl methyl sites for hydroxylation is 1. The van der Waals surface area contributed by atoms with Gasteiger partial charge in [0.1, 0.15) is 11.5 Å². The molecule has 1 aromatic carbocycles. The number of carbonyl (C=O) groups excluding carboxylic acids is 2. The SMILES string of the molecule is CC(=N)[C@H](C#N)C(=O)COC(=O)c1c(C)nn(Cc2ccccc2Cl)c1C. The molecule has 7 nitrogen and oxygen atoms in total. The monoisotopic (exact) mass is 386 g/mol. The van der Waals surface area contributed by atoms with E-state index in [-0.39, 0.29) is 11.3 Å². The molecule has 0 saturated carbocycles. The number of nitrogens with one attached hydrogen (secondary N) is 1. The number of halogens is 1. The number of carbonyl (C=O) groups is 2. The molecule has 0 spiro atoms. The lowest BCUT2D eigenvalue weighted by atomic mass is 10.0. The van der Waals surface area contributed by atoms with Gasteiger partial charge in [-0.3, -0.25) is 9.48 Å². The topological polar surface area (TPSA) is 109 Å². The van der Waals surface area contributed by atoms with E-state index in [1.807, 2.05) is 18.2 Å². The predicted molar refractivity (Wildman–Crippen MR) is 100 cm³/mol. The molecule has 0 amide bonds. The molecule has 0 radical (unpaired) electrons. The number of Topliss-reactive ketones (excluding diaryl/α,β-unsaturated/α-hetero) is 1. The first-order valence-corrected chi connectivity index (χ1v) is 8.56. The highest BCUT2D eigenvalue weighted by Crippen LogP contribution is 2.20. The molecule has 1 aromatic heterocycles. The van der Waals surface area contributed by atoms with Gasteiger partial charge in [-0.15, -0.1) is 0 Å². The molecule has 0 fully saturated rings. The smallest absolute Gasteiger partial charge is 0.342 e. The molecule has 140 valence electrons. The first-order chi connectivity index (χ1) is 12.8. The molecule has 0 aliphatic heterocycles. The van der Waals surface area contributed by atoms with Crippen molar-refractivity contribution in [3.8, 4) is 6.07 Å². The normalized spacial score (nSPS) is 11.5. The van der Waals surface area contributed by atoms with Gasteiger partial charge in [0, 0.05) is 10.7 Å². The second-order valence-corrected chi connectivity index (χ2v) is 6.49. The summed E-state index contributed by atoms with van der Waals surface area (Å²) in [5.74, 6) is -2.52. The van der Waals surface area contributed by atoms with Crippen molar-refractivity contribution in [2.45, 2.75) is 27.3 Å². The summed E-state index contributed by atoms with van der Waals surface area (Å²) >= 11 is 6.18. The molecule has 1 N–H and O–H groups in total. The quantitative estimate of drug-likeness (QED) is 0.580. The largest absolute Gasteiger partial charge is 0.454 e. The molecule has 0 aliphatic carbocycles. The molecule has 0 unspecified atom stereocenters. The average Bonchev–Trinajstić information content (AvgIpc) is 2.89. The van der Waals surface area contributed by atoms with Crippen LogP contribution in [0.25, 0.3) is 0 Å². The number of esters is 1. The summed E-state index contributed by atoms with van der Waals surface area (Å²) in [6, 6.07) is 9.08. The lowest BCUT2D eigenvalue weighted by Crippen LogP contribution is -2.25. The predicted octanol–water partition coefficient (Wildman–Crippen LogP) is 3.11. The van der Waals surface area contributed by atoms with Crippen LogP contribution in [0, 0.1) is 36.5 Å². The fourth-order valence-electron chi connectivity index (χ4n) is 2.64. The minimum absolute atomic E-state index is 0.0848. The molecular formula is C19H19ClN4O3. The van der Waals surface area contributed by atoms with Crippen LogP contribution in [0.5, 0.6) is 0 Å². The Morgan fingerprint density at radius 2 is 2.04 bits per heavy atom. The highest BCUT2D eigenvalue weighted by Gasteiger charge is 2.24. The Kier molecular flexibility index (Phi) is 6.48.